The monoisotopic (exact) mass is 872 g/mol. The SMILES string of the molecule is C/C=C/[C@H]1N(C(=O)c2cnccc2C(F)(F)F)CCC[C@@]1(Oc1csc(C(F)(F)F)c1)C(=O)N1CCC(C2C=CC=CC2(C)OCCCC(=O)NS(=O)(=O)C2CC2)CC1. The Kier molecular flexibility index (Phi) is 13.1. The normalized spacial score (nSPS) is 25.7. The average Bonchev–Trinajstić information content (AvgIpc) is 3.95. The van der Waals surface area contributed by atoms with Crippen molar-refractivity contribution in [2.75, 3.05) is 26.2 Å². The number of halogens is 6. The number of nitrogens with one attached hydrogen (secondary N) is 1. The van der Waals surface area contributed by atoms with Gasteiger partial charge in [-0.1, -0.05) is 36.5 Å². The standard InChI is InChI=1S/C40H46F6N4O7S2/c1-3-8-32-38(57-27-23-33(58-25-27)40(44,45)46,17-7-19-50(32)35(52)29-24-47-18-13-31(29)39(41,42)43)36(53)49-20-14-26(15-21-49)30-9-4-5-16-37(30,2)56-22-6-10-34(51)48-59(54,55)28-11-12-28/h3-5,8-9,13,16,18,23-26,28,30,32H,6-7,10-12,14-15,17,19-22H2,1-2H3,(H,48,51)/b8-3+/t30?,32-,37?,38+/m1/s1. The Bertz CT molecular complexity index is 2080. The molecule has 1 saturated carbocycles. The second kappa shape index (κ2) is 17.4. The largest absolute Gasteiger partial charge is 0.474 e. The Morgan fingerprint density at radius 2 is 1.78 bits per heavy atom. The second-order valence-corrected chi connectivity index (χ2v) is 18.3. The number of carbonyl (C=O) groups is 3. The number of alkyl halides is 6. The van der Waals surface area contributed by atoms with Gasteiger partial charge in [0.1, 0.15) is 10.6 Å². The summed E-state index contributed by atoms with van der Waals surface area (Å²) >= 11 is 0.369. The molecule has 19 heteroatoms. The van der Waals surface area contributed by atoms with Crippen LogP contribution in [0.15, 0.2) is 66.4 Å². The molecule has 322 valence electrons. The molecule has 2 aromatic heterocycles. The van der Waals surface area contributed by atoms with Crippen LogP contribution in [-0.2, 0) is 36.7 Å². The number of aromatic nitrogens is 1. The summed E-state index contributed by atoms with van der Waals surface area (Å²) in [5.74, 6) is -2.70. The van der Waals surface area contributed by atoms with Gasteiger partial charge >= 0.3 is 12.4 Å². The third-order valence-corrected chi connectivity index (χ3v) is 14.1. The number of sulfonamides is 1. The lowest BCUT2D eigenvalue weighted by Crippen LogP contribution is -2.68. The smallest absolute Gasteiger partial charge is 0.425 e. The predicted molar refractivity (Wildman–Crippen MR) is 206 cm³/mol. The summed E-state index contributed by atoms with van der Waals surface area (Å²) in [5.41, 5.74) is -4.77. The fourth-order valence-electron chi connectivity index (χ4n) is 8.23. The molecule has 4 aliphatic rings. The highest BCUT2D eigenvalue weighted by atomic mass is 32.2. The number of allylic oxidation sites excluding steroid dienone is 3. The fraction of sp³-hybridized carbons (Fsp3) is 0.550. The summed E-state index contributed by atoms with van der Waals surface area (Å²) in [7, 11) is -3.65. The molecule has 6 rings (SSSR count). The molecule has 11 nitrogen and oxygen atoms in total. The number of hydrogen-bond donors (Lipinski definition) is 1. The predicted octanol–water partition coefficient (Wildman–Crippen LogP) is 7.32. The van der Waals surface area contributed by atoms with Gasteiger partial charge < -0.3 is 19.3 Å². The molecule has 2 saturated heterocycles. The van der Waals surface area contributed by atoms with Crippen molar-refractivity contribution in [1.29, 1.82) is 0 Å². The Morgan fingerprint density at radius 1 is 1.05 bits per heavy atom. The van der Waals surface area contributed by atoms with Crippen molar-refractivity contribution in [1.82, 2.24) is 19.5 Å². The summed E-state index contributed by atoms with van der Waals surface area (Å²) in [5, 5.41) is 0.602. The van der Waals surface area contributed by atoms with Crippen LogP contribution in [0.5, 0.6) is 5.75 Å². The molecule has 2 aromatic rings. The molecule has 4 atom stereocenters. The molecule has 2 aliphatic carbocycles. The van der Waals surface area contributed by atoms with Gasteiger partial charge in [-0.25, -0.2) is 8.42 Å². The van der Waals surface area contributed by atoms with Crippen LogP contribution in [0.4, 0.5) is 26.3 Å². The van der Waals surface area contributed by atoms with Gasteiger partial charge in [-0.05, 0) is 64.4 Å². The molecule has 0 aromatic carbocycles. The van der Waals surface area contributed by atoms with Crippen LogP contribution in [0.2, 0.25) is 0 Å². The number of hydrogen-bond acceptors (Lipinski definition) is 9. The zero-order valence-electron chi connectivity index (χ0n) is 32.4. The Labute approximate surface area is 342 Å². The van der Waals surface area contributed by atoms with E-state index in [0.717, 1.165) is 28.7 Å². The van der Waals surface area contributed by atoms with Crippen molar-refractivity contribution in [3.8, 4) is 5.75 Å². The number of piperidine rings is 2. The number of carbonyl (C=O) groups excluding carboxylic acids is 3. The third-order valence-electron chi connectivity index (χ3n) is 11.3. The molecule has 2 unspecified atom stereocenters. The number of likely N-dealkylation sites (tertiary alicyclic amines) is 2. The van der Waals surface area contributed by atoms with Crippen LogP contribution in [0, 0.1) is 11.8 Å². The van der Waals surface area contributed by atoms with Crippen LogP contribution in [0.3, 0.4) is 0 Å². The van der Waals surface area contributed by atoms with Crippen LogP contribution in [0.25, 0.3) is 0 Å². The minimum Gasteiger partial charge on any atom is -0.474 e. The summed E-state index contributed by atoms with van der Waals surface area (Å²) in [6.07, 6.45) is 5.05. The van der Waals surface area contributed by atoms with E-state index in [4.69, 9.17) is 9.47 Å². The van der Waals surface area contributed by atoms with Crippen LogP contribution in [-0.4, -0.2) is 89.7 Å². The average molecular weight is 873 g/mol. The van der Waals surface area contributed by atoms with Crippen molar-refractivity contribution in [3.63, 3.8) is 0 Å². The lowest BCUT2D eigenvalue weighted by Gasteiger charge is -2.50. The zero-order valence-corrected chi connectivity index (χ0v) is 34.1. The zero-order chi connectivity index (χ0) is 42.8. The molecule has 59 heavy (non-hydrogen) atoms. The first-order chi connectivity index (χ1) is 27.8. The van der Waals surface area contributed by atoms with Crippen molar-refractivity contribution < 1.29 is 58.6 Å². The highest BCUT2D eigenvalue weighted by molar-refractivity contribution is 7.90. The Morgan fingerprint density at radius 3 is 2.42 bits per heavy atom. The van der Waals surface area contributed by atoms with Gasteiger partial charge in [-0.15, -0.1) is 11.3 Å². The molecular weight excluding hydrogens is 827 g/mol. The van der Waals surface area contributed by atoms with E-state index in [1.54, 1.807) is 6.92 Å². The summed E-state index contributed by atoms with van der Waals surface area (Å²) in [6.45, 7) is 4.00. The third kappa shape index (κ3) is 9.88. The molecule has 4 heterocycles. The van der Waals surface area contributed by atoms with E-state index in [1.807, 2.05) is 31.2 Å². The molecular formula is C40H46F6N4O7S2. The lowest BCUT2D eigenvalue weighted by molar-refractivity contribution is -0.158. The van der Waals surface area contributed by atoms with Crippen LogP contribution >= 0.6 is 11.3 Å². The maximum absolute atomic E-state index is 15.0. The number of amides is 3. The van der Waals surface area contributed by atoms with Gasteiger partial charge in [0.15, 0.2) is 0 Å². The van der Waals surface area contributed by atoms with E-state index in [1.165, 1.54) is 17.1 Å². The first kappa shape index (κ1) is 44.3. The molecule has 0 bridgehead atoms. The van der Waals surface area contributed by atoms with E-state index in [9.17, 15) is 49.1 Å². The minimum atomic E-state index is -4.90. The van der Waals surface area contributed by atoms with Crippen molar-refractivity contribution in [3.05, 3.63) is 82.4 Å². The number of ether oxygens (including phenoxy) is 2. The Hall–Kier alpha value is -4.23. The maximum Gasteiger partial charge on any atom is 0.425 e. The first-order valence-electron chi connectivity index (χ1n) is 19.4. The highest BCUT2D eigenvalue weighted by Gasteiger charge is 2.56. The molecule has 1 N–H and O–H groups in total. The minimum absolute atomic E-state index is 0.0116. The molecule has 0 radical (unpaired) electrons. The molecule has 2 aliphatic heterocycles. The van der Waals surface area contributed by atoms with Gasteiger partial charge in [-0.3, -0.25) is 24.1 Å². The van der Waals surface area contributed by atoms with Gasteiger partial charge in [-0.2, -0.15) is 26.3 Å². The summed E-state index contributed by atoms with van der Waals surface area (Å²) < 4.78 is 122. The molecule has 3 amide bonds. The number of pyridine rings is 1. The summed E-state index contributed by atoms with van der Waals surface area (Å²) in [4.78, 5) is 46.8. The van der Waals surface area contributed by atoms with E-state index in [2.05, 4.69) is 9.71 Å². The van der Waals surface area contributed by atoms with Gasteiger partial charge in [0.2, 0.25) is 21.5 Å². The molecule has 3 fully saturated rings. The quantitative estimate of drug-likeness (QED) is 0.126. The van der Waals surface area contributed by atoms with E-state index in [0.29, 0.717) is 43.1 Å². The second-order valence-electron chi connectivity index (χ2n) is 15.4. The first-order valence-corrected chi connectivity index (χ1v) is 21.9. The van der Waals surface area contributed by atoms with E-state index < -0.39 is 78.6 Å². The van der Waals surface area contributed by atoms with E-state index in [-0.39, 0.29) is 69.5 Å². The highest BCUT2D eigenvalue weighted by Crippen LogP contribution is 2.44. The van der Waals surface area contributed by atoms with Gasteiger partial charge in [0.25, 0.3) is 11.8 Å². The van der Waals surface area contributed by atoms with Gasteiger partial charge in [0.05, 0.1) is 28.0 Å². The topological polar surface area (TPSA) is 135 Å². The number of rotatable bonds is 13. The van der Waals surface area contributed by atoms with Crippen LogP contribution in [0.1, 0.15) is 86.0 Å². The van der Waals surface area contributed by atoms with Gasteiger partial charge in [0, 0.05) is 68.8 Å². The van der Waals surface area contributed by atoms with E-state index >= 15 is 0 Å². The number of nitrogens with zero attached hydrogens (tertiary/aromatic N) is 3. The van der Waals surface area contributed by atoms with Crippen molar-refractivity contribution in [2.24, 2.45) is 11.8 Å². The van der Waals surface area contributed by atoms with Crippen molar-refractivity contribution >= 4 is 39.1 Å². The fourth-order valence-corrected chi connectivity index (χ4v) is 10.3. The summed E-state index contributed by atoms with van der Waals surface area (Å²) in [6, 6.07) is 0.143. The lowest BCUT2D eigenvalue weighted by atomic mass is 9.72. The van der Waals surface area contributed by atoms with Crippen LogP contribution < -0.4 is 9.46 Å². The number of thiophene rings is 1. The molecule has 0 spiro atoms. The maximum atomic E-state index is 15.0. The van der Waals surface area contributed by atoms with Crippen molar-refractivity contribution in [2.45, 2.75) is 100 Å². The Balaban J connectivity index is 1.21.